The van der Waals surface area contributed by atoms with Crippen LogP contribution in [0.4, 0.5) is 18.0 Å². The summed E-state index contributed by atoms with van der Waals surface area (Å²) in [5.41, 5.74) is 5.32. The van der Waals surface area contributed by atoms with Crippen LogP contribution < -0.4 is 5.73 Å². The number of ether oxygens (including phenoxy) is 2. The van der Waals surface area contributed by atoms with Gasteiger partial charge in [0.25, 0.3) is 0 Å². The third-order valence-corrected chi connectivity index (χ3v) is 5.97. The van der Waals surface area contributed by atoms with Gasteiger partial charge < -0.3 is 20.1 Å². The Hall–Kier alpha value is -2.26. The van der Waals surface area contributed by atoms with Crippen LogP contribution in [0.3, 0.4) is 0 Å². The predicted octanol–water partition coefficient (Wildman–Crippen LogP) is 6.59. The summed E-state index contributed by atoms with van der Waals surface area (Å²) in [5, 5.41) is 0. The lowest BCUT2D eigenvalue weighted by Gasteiger charge is -2.42. The zero-order valence-corrected chi connectivity index (χ0v) is 21.3. The molecular weight excluding hydrogens is 513 g/mol. The van der Waals surface area contributed by atoms with Gasteiger partial charge >= 0.3 is 12.3 Å². The average Bonchev–Trinajstić information content (AvgIpc) is 2.72. The maximum absolute atomic E-state index is 13.2. The fourth-order valence-electron chi connectivity index (χ4n) is 3.80. The lowest BCUT2D eigenvalue weighted by atomic mass is 9.73. The number of hydrogen-bond acceptors (Lipinski definition) is 4. The highest BCUT2D eigenvalue weighted by atomic mass is 79.9. The average molecular weight is 545 g/mol. The molecular formula is C25H32BrF3N2O3. The Morgan fingerprint density at radius 1 is 1.24 bits per heavy atom. The number of piperidine rings is 1. The SMILES string of the molecule is C=C/C=C\C(=C/N)C1(COCc2cc(Br)cc(C(F)(F)F)c2)CCN(C(=O)OC(C)(C)C)CC1. The van der Waals surface area contributed by atoms with Gasteiger partial charge in [0.1, 0.15) is 5.60 Å². The zero-order valence-electron chi connectivity index (χ0n) is 19.8. The molecule has 0 bridgehead atoms. The first-order valence-corrected chi connectivity index (χ1v) is 11.7. The summed E-state index contributed by atoms with van der Waals surface area (Å²) in [5.74, 6) is 0. The van der Waals surface area contributed by atoms with E-state index in [1.807, 2.05) is 26.8 Å². The molecule has 0 saturated carbocycles. The molecule has 2 N–H and O–H groups in total. The summed E-state index contributed by atoms with van der Waals surface area (Å²) in [6.45, 7) is 10.2. The number of allylic oxidation sites excluding steroid dienone is 3. The molecule has 9 heteroatoms. The summed E-state index contributed by atoms with van der Waals surface area (Å²) >= 11 is 3.14. The largest absolute Gasteiger partial charge is 0.444 e. The second kappa shape index (κ2) is 11.4. The van der Waals surface area contributed by atoms with E-state index in [4.69, 9.17) is 15.2 Å². The Morgan fingerprint density at radius 3 is 2.41 bits per heavy atom. The van der Waals surface area contributed by atoms with E-state index in [1.54, 1.807) is 23.1 Å². The van der Waals surface area contributed by atoms with Gasteiger partial charge in [0.2, 0.25) is 0 Å². The maximum atomic E-state index is 13.2. The van der Waals surface area contributed by atoms with E-state index in [-0.39, 0.29) is 19.3 Å². The van der Waals surface area contributed by atoms with Crippen LogP contribution in [0.15, 0.2) is 59.3 Å². The van der Waals surface area contributed by atoms with Gasteiger partial charge in [-0.3, -0.25) is 0 Å². The van der Waals surface area contributed by atoms with Gasteiger partial charge in [0, 0.05) is 23.0 Å². The Bertz CT molecular complexity index is 928. The molecule has 1 aliphatic heterocycles. The van der Waals surface area contributed by atoms with Crippen LogP contribution in [-0.4, -0.2) is 36.3 Å². The zero-order chi connectivity index (χ0) is 25.6. The number of benzene rings is 1. The molecule has 0 spiro atoms. The summed E-state index contributed by atoms with van der Waals surface area (Å²) < 4.78 is 51.2. The molecule has 1 saturated heterocycles. The second-order valence-electron chi connectivity index (χ2n) is 9.30. The van der Waals surface area contributed by atoms with Crippen molar-refractivity contribution in [2.45, 2.75) is 52.0 Å². The third kappa shape index (κ3) is 7.91. The number of amides is 1. The van der Waals surface area contributed by atoms with Crippen molar-refractivity contribution in [1.29, 1.82) is 0 Å². The first-order chi connectivity index (χ1) is 15.8. The topological polar surface area (TPSA) is 64.8 Å². The van der Waals surface area contributed by atoms with E-state index in [1.165, 1.54) is 6.20 Å². The molecule has 1 aliphatic rings. The first-order valence-electron chi connectivity index (χ1n) is 10.9. The number of nitrogens with two attached hydrogens (primary N) is 1. The Labute approximate surface area is 207 Å². The number of carbonyl (C=O) groups is 1. The number of alkyl halides is 3. The molecule has 0 aliphatic carbocycles. The van der Waals surface area contributed by atoms with E-state index in [0.717, 1.165) is 17.7 Å². The van der Waals surface area contributed by atoms with Crippen molar-refractivity contribution in [2.75, 3.05) is 19.7 Å². The van der Waals surface area contributed by atoms with E-state index >= 15 is 0 Å². The van der Waals surface area contributed by atoms with E-state index < -0.39 is 22.8 Å². The van der Waals surface area contributed by atoms with Crippen molar-refractivity contribution < 1.29 is 27.4 Å². The minimum absolute atomic E-state index is 0.00305. The molecule has 1 amide bonds. The highest BCUT2D eigenvalue weighted by Crippen LogP contribution is 2.40. The molecule has 1 aromatic carbocycles. The van der Waals surface area contributed by atoms with Gasteiger partial charge in [-0.05, 0) is 69.1 Å². The third-order valence-electron chi connectivity index (χ3n) is 5.51. The predicted molar refractivity (Wildman–Crippen MR) is 130 cm³/mol. The first kappa shape index (κ1) is 28.0. The minimum Gasteiger partial charge on any atom is -0.444 e. The van der Waals surface area contributed by atoms with E-state index in [0.29, 0.717) is 36.0 Å². The molecule has 34 heavy (non-hydrogen) atoms. The highest BCUT2D eigenvalue weighted by Gasteiger charge is 2.39. The van der Waals surface area contributed by atoms with Crippen LogP contribution in [0.25, 0.3) is 0 Å². The number of likely N-dealkylation sites (tertiary alicyclic amines) is 1. The number of hydrogen-bond donors (Lipinski definition) is 1. The van der Waals surface area contributed by atoms with Crippen LogP contribution >= 0.6 is 15.9 Å². The van der Waals surface area contributed by atoms with Crippen molar-refractivity contribution in [3.05, 3.63) is 70.4 Å². The number of rotatable bonds is 7. The second-order valence-corrected chi connectivity index (χ2v) is 10.2. The van der Waals surface area contributed by atoms with Crippen molar-refractivity contribution in [3.63, 3.8) is 0 Å². The minimum atomic E-state index is -4.45. The lowest BCUT2D eigenvalue weighted by Crippen LogP contribution is -2.47. The number of nitrogens with zero attached hydrogens (tertiary/aromatic N) is 1. The molecule has 1 aromatic rings. The Kier molecular flexibility index (Phi) is 9.42. The fraction of sp³-hybridized carbons (Fsp3) is 0.480. The van der Waals surface area contributed by atoms with Crippen LogP contribution in [0.5, 0.6) is 0 Å². The van der Waals surface area contributed by atoms with Crippen LogP contribution in [0.1, 0.15) is 44.7 Å². The summed E-state index contributed by atoms with van der Waals surface area (Å²) in [4.78, 5) is 14.1. The van der Waals surface area contributed by atoms with Crippen LogP contribution in [0.2, 0.25) is 0 Å². The molecule has 0 atom stereocenters. The van der Waals surface area contributed by atoms with Crippen molar-refractivity contribution in [2.24, 2.45) is 11.1 Å². The number of carbonyl (C=O) groups excluding carboxylic acids is 1. The van der Waals surface area contributed by atoms with Gasteiger partial charge in [-0.2, -0.15) is 13.2 Å². The van der Waals surface area contributed by atoms with Gasteiger partial charge in [0.15, 0.2) is 0 Å². The summed E-state index contributed by atoms with van der Waals surface area (Å²) in [6.07, 6.45) is 3.05. The van der Waals surface area contributed by atoms with Crippen LogP contribution in [0, 0.1) is 5.41 Å². The number of halogens is 4. The molecule has 0 radical (unpaired) electrons. The van der Waals surface area contributed by atoms with Gasteiger partial charge in [-0.25, -0.2) is 4.79 Å². The molecule has 2 rings (SSSR count). The fourth-order valence-corrected chi connectivity index (χ4v) is 4.34. The van der Waals surface area contributed by atoms with Gasteiger partial charge in [0.05, 0.1) is 18.8 Å². The highest BCUT2D eigenvalue weighted by molar-refractivity contribution is 9.10. The van der Waals surface area contributed by atoms with Crippen LogP contribution in [-0.2, 0) is 22.3 Å². The molecule has 188 valence electrons. The molecule has 0 aromatic heterocycles. The van der Waals surface area contributed by atoms with Gasteiger partial charge in [-0.1, -0.05) is 40.7 Å². The monoisotopic (exact) mass is 544 g/mol. The normalized spacial score (nSPS) is 17.1. The molecule has 0 unspecified atom stereocenters. The van der Waals surface area contributed by atoms with Gasteiger partial charge in [-0.15, -0.1) is 0 Å². The molecule has 5 nitrogen and oxygen atoms in total. The Morgan fingerprint density at radius 2 is 1.88 bits per heavy atom. The lowest BCUT2D eigenvalue weighted by molar-refractivity contribution is -0.137. The summed E-state index contributed by atoms with van der Waals surface area (Å²) in [7, 11) is 0. The Balaban J connectivity index is 2.17. The summed E-state index contributed by atoms with van der Waals surface area (Å²) in [6, 6.07) is 3.72. The molecule has 1 fully saturated rings. The maximum Gasteiger partial charge on any atom is 0.416 e. The smallest absolute Gasteiger partial charge is 0.416 e. The van der Waals surface area contributed by atoms with E-state index in [2.05, 4.69) is 22.5 Å². The van der Waals surface area contributed by atoms with Crippen molar-refractivity contribution >= 4 is 22.0 Å². The standard InChI is InChI=1S/C25H32BrF3N2O3/c1-5-6-7-19(15-30)24(8-10-31(11-9-24)22(32)34-23(2,3)4)17-33-16-18-12-20(25(27,28)29)14-21(26)13-18/h5-7,12-15H,1,8-11,16-17,30H2,2-4H3/b7-6-,19-15+. The van der Waals surface area contributed by atoms with E-state index in [9.17, 15) is 18.0 Å². The quantitative estimate of drug-likeness (QED) is 0.393. The van der Waals surface area contributed by atoms with Crippen molar-refractivity contribution in [3.8, 4) is 0 Å². The van der Waals surface area contributed by atoms with Crippen molar-refractivity contribution in [1.82, 2.24) is 4.90 Å². The molecule has 1 heterocycles.